The highest BCUT2D eigenvalue weighted by atomic mass is 32.1. The lowest BCUT2D eigenvalue weighted by Gasteiger charge is -2.24. The highest BCUT2D eigenvalue weighted by molar-refractivity contribution is 7.09. The zero-order valence-corrected chi connectivity index (χ0v) is 17.7. The number of nitrogens with two attached hydrogens (primary N) is 1. The van der Waals surface area contributed by atoms with E-state index < -0.39 is 11.2 Å². The molecule has 1 fully saturated rings. The quantitative estimate of drug-likeness (QED) is 0.617. The van der Waals surface area contributed by atoms with Gasteiger partial charge in [0.2, 0.25) is 0 Å². The summed E-state index contributed by atoms with van der Waals surface area (Å²) in [5.41, 5.74) is 4.86. The van der Waals surface area contributed by atoms with Gasteiger partial charge < -0.3 is 10.5 Å². The molecule has 158 valence electrons. The van der Waals surface area contributed by atoms with Crippen LogP contribution in [0.15, 0.2) is 27.1 Å². The molecule has 0 unspecified atom stereocenters. The summed E-state index contributed by atoms with van der Waals surface area (Å²) in [6.45, 7) is 4.25. The van der Waals surface area contributed by atoms with Crippen molar-refractivity contribution in [2.45, 2.75) is 45.4 Å². The molecule has 0 radical (unpaired) electrons. The minimum absolute atomic E-state index is 0.0432. The standard InChI is InChI=1S/C20H28N4O4S/c1-3-8-24-18(21)17(19(26)22(2)20(24)27)16(25)13-23(11-14-6-4-9-28-14)12-15-7-5-10-29-15/h5,7,10,14H,3-4,6,8-9,11-13,21H2,1-2H3/t14-/m0/s1. The van der Waals surface area contributed by atoms with Crippen LogP contribution in [0.4, 0.5) is 5.82 Å². The number of carbonyl (C=O) groups excluding carboxylic acids is 1. The van der Waals surface area contributed by atoms with Crippen LogP contribution in [-0.2, 0) is 24.9 Å². The maximum atomic E-state index is 13.1. The number of nitrogens with zero attached hydrogens (tertiary/aromatic N) is 3. The predicted octanol–water partition coefficient (Wildman–Crippen LogP) is 1.46. The Labute approximate surface area is 173 Å². The number of thiophene rings is 1. The van der Waals surface area contributed by atoms with Gasteiger partial charge in [-0.2, -0.15) is 0 Å². The average molecular weight is 421 g/mol. The van der Waals surface area contributed by atoms with Gasteiger partial charge in [0.05, 0.1) is 12.6 Å². The van der Waals surface area contributed by atoms with E-state index in [1.165, 1.54) is 11.6 Å². The summed E-state index contributed by atoms with van der Waals surface area (Å²) in [5.74, 6) is -0.416. The van der Waals surface area contributed by atoms with Gasteiger partial charge in [0.1, 0.15) is 11.4 Å². The molecule has 8 nitrogen and oxygen atoms in total. The van der Waals surface area contributed by atoms with Crippen molar-refractivity contribution in [2.24, 2.45) is 7.05 Å². The Morgan fingerprint density at radius 2 is 2.21 bits per heavy atom. The molecule has 0 aliphatic carbocycles. The Balaban J connectivity index is 1.88. The molecule has 1 saturated heterocycles. The Morgan fingerprint density at radius 1 is 1.41 bits per heavy atom. The van der Waals surface area contributed by atoms with Gasteiger partial charge >= 0.3 is 5.69 Å². The number of hydrogen-bond donors (Lipinski definition) is 1. The van der Waals surface area contributed by atoms with Crippen molar-refractivity contribution in [3.8, 4) is 0 Å². The molecule has 9 heteroatoms. The maximum absolute atomic E-state index is 13.1. The van der Waals surface area contributed by atoms with Crippen LogP contribution in [0.25, 0.3) is 0 Å². The van der Waals surface area contributed by atoms with Crippen LogP contribution in [0, 0.1) is 0 Å². The number of nitrogen functional groups attached to an aromatic ring is 1. The van der Waals surface area contributed by atoms with E-state index in [1.54, 1.807) is 11.3 Å². The molecule has 29 heavy (non-hydrogen) atoms. The van der Waals surface area contributed by atoms with E-state index in [9.17, 15) is 14.4 Å². The Kier molecular flexibility index (Phi) is 7.05. The number of ketones is 1. The first-order valence-electron chi connectivity index (χ1n) is 9.91. The maximum Gasteiger partial charge on any atom is 0.332 e. The highest BCUT2D eigenvalue weighted by Crippen LogP contribution is 2.18. The van der Waals surface area contributed by atoms with Crippen molar-refractivity contribution in [1.82, 2.24) is 14.0 Å². The lowest BCUT2D eigenvalue weighted by Crippen LogP contribution is -2.44. The second-order valence-electron chi connectivity index (χ2n) is 7.37. The van der Waals surface area contributed by atoms with Gasteiger partial charge in [-0.1, -0.05) is 13.0 Å². The molecule has 2 aromatic heterocycles. The number of hydrogen-bond acceptors (Lipinski definition) is 7. The van der Waals surface area contributed by atoms with Crippen LogP contribution < -0.4 is 17.0 Å². The largest absolute Gasteiger partial charge is 0.384 e. The number of aromatic nitrogens is 2. The zero-order valence-electron chi connectivity index (χ0n) is 16.9. The van der Waals surface area contributed by atoms with Crippen molar-refractivity contribution >= 4 is 22.9 Å². The average Bonchev–Trinajstić information content (AvgIpc) is 3.38. The minimum atomic E-state index is -0.641. The third kappa shape index (κ3) is 4.85. The molecule has 2 aromatic rings. The first kappa shape index (κ1) is 21.5. The molecule has 0 bridgehead atoms. The number of rotatable bonds is 9. The molecule has 0 aromatic carbocycles. The molecule has 3 rings (SSSR count). The SMILES string of the molecule is CCCn1c(N)c(C(=O)CN(Cc2cccs2)C[C@@H]2CCCO2)c(=O)n(C)c1=O. The van der Waals surface area contributed by atoms with Crippen LogP contribution in [0.3, 0.4) is 0 Å². The monoisotopic (exact) mass is 420 g/mol. The number of ether oxygens (including phenoxy) is 1. The zero-order chi connectivity index (χ0) is 21.0. The lowest BCUT2D eigenvalue weighted by atomic mass is 10.1. The third-order valence-electron chi connectivity index (χ3n) is 5.12. The summed E-state index contributed by atoms with van der Waals surface area (Å²) in [6, 6.07) is 3.99. The lowest BCUT2D eigenvalue weighted by molar-refractivity contribution is 0.0652. The highest BCUT2D eigenvalue weighted by Gasteiger charge is 2.26. The fourth-order valence-electron chi connectivity index (χ4n) is 3.65. The van der Waals surface area contributed by atoms with Crippen molar-refractivity contribution < 1.29 is 9.53 Å². The summed E-state index contributed by atoms with van der Waals surface area (Å²) < 4.78 is 8.00. The van der Waals surface area contributed by atoms with Gasteiger partial charge in [0, 0.05) is 38.2 Å². The summed E-state index contributed by atoms with van der Waals surface area (Å²) in [6.07, 6.45) is 2.72. The van der Waals surface area contributed by atoms with Crippen molar-refractivity contribution in [1.29, 1.82) is 0 Å². The number of Topliss-reactive ketones (excluding diaryl/α,β-unsaturated/α-hetero) is 1. The fraction of sp³-hybridized carbons (Fsp3) is 0.550. The van der Waals surface area contributed by atoms with Gasteiger partial charge in [-0.25, -0.2) is 4.79 Å². The van der Waals surface area contributed by atoms with Crippen molar-refractivity contribution in [3.05, 3.63) is 48.8 Å². The van der Waals surface area contributed by atoms with E-state index in [2.05, 4.69) is 0 Å². The molecule has 0 amide bonds. The summed E-state index contributed by atoms with van der Waals surface area (Å²) in [4.78, 5) is 41.3. The Hall–Kier alpha value is -2.23. The minimum Gasteiger partial charge on any atom is -0.384 e. The topological polar surface area (TPSA) is 99.6 Å². The van der Waals surface area contributed by atoms with Gasteiger partial charge in [-0.15, -0.1) is 11.3 Å². The summed E-state index contributed by atoms with van der Waals surface area (Å²) in [5, 5.41) is 2.00. The molecule has 0 saturated carbocycles. The smallest absolute Gasteiger partial charge is 0.332 e. The van der Waals surface area contributed by atoms with Crippen LogP contribution in [0.1, 0.15) is 41.4 Å². The van der Waals surface area contributed by atoms with Crippen molar-refractivity contribution in [3.63, 3.8) is 0 Å². The summed E-state index contributed by atoms with van der Waals surface area (Å²) in [7, 11) is 1.38. The summed E-state index contributed by atoms with van der Waals surface area (Å²) >= 11 is 1.62. The molecular formula is C20H28N4O4S. The van der Waals surface area contributed by atoms with E-state index in [4.69, 9.17) is 10.5 Å². The molecular weight excluding hydrogens is 392 g/mol. The van der Waals surface area contributed by atoms with Crippen LogP contribution >= 0.6 is 11.3 Å². The third-order valence-corrected chi connectivity index (χ3v) is 5.98. The van der Waals surface area contributed by atoms with Crippen LogP contribution in [0.5, 0.6) is 0 Å². The van der Waals surface area contributed by atoms with Crippen molar-refractivity contribution in [2.75, 3.05) is 25.4 Å². The molecule has 2 N–H and O–H groups in total. The van der Waals surface area contributed by atoms with Gasteiger partial charge in [-0.3, -0.25) is 23.6 Å². The molecule has 3 heterocycles. The molecule has 1 aliphatic heterocycles. The van der Waals surface area contributed by atoms with E-state index in [0.29, 0.717) is 26.1 Å². The van der Waals surface area contributed by atoms with E-state index in [-0.39, 0.29) is 29.8 Å². The van der Waals surface area contributed by atoms with E-state index in [1.807, 2.05) is 29.3 Å². The Morgan fingerprint density at radius 3 is 2.83 bits per heavy atom. The van der Waals surface area contributed by atoms with Crippen LogP contribution in [0.2, 0.25) is 0 Å². The van der Waals surface area contributed by atoms with E-state index >= 15 is 0 Å². The van der Waals surface area contributed by atoms with Crippen LogP contribution in [-0.4, -0.2) is 45.6 Å². The van der Waals surface area contributed by atoms with Gasteiger partial charge in [0.15, 0.2) is 5.78 Å². The second-order valence-corrected chi connectivity index (χ2v) is 8.40. The molecule has 0 spiro atoms. The first-order chi connectivity index (χ1) is 13.9. The molecule has 1 aliphatic rings. The van der Waals surface area contributed by atoms with E-state index in [0.717, 1.165) is 28.9 Å². The van der Waals surface area contributed by atoms with Gasteiger partial charge in [-0.05, 0) is 30.7 Å². The molecule has 1 atom stereocenters. The second kappa shape index (κ2) is 9.51. The fourth-order valence-corrected chi connectivity index (χ4v) is 4.40. The normalized spacial score (nSPS) is 16.6. The number of anilines is 1. The first-order valence-corrected chi connectivity index (χ1v) is 10.8. The Bertz CT molecular complexity index is 958. The predicted molar refractivity (Wildman–Crippen MR) is 114 cm³/mol. The van der Waals surface area contributed by atoms with Gasteiger partial charge in [0.25, 0.3) is 5.56 Å². The number of carbonyl (C=O) groups is 1.